The molecule has 6 heteroatoms. The minimum absolute atomic E-state index is 0.107. The topological polar surface area (TPSA) is 35.6 Å². The molecule has 146 valence electrons. The molecule has 2 aromatic rings. The first-order chi connectivity index (χ1) is 13.6. The number of piperidine rings is 1. The highest BCUT2D eigenvalue weighted by Crippen LogP contribution is 2.46. The van der Waals surface area contributed by atoms with Gasteiger partial charge >= 0.3 is 0 Å². The van der Waals surface area contributed by atoms with Crippen molar-refractivity contribution >= 4 is 29.8 Å². The van der Waals surface area contributed by atoms with Gasteiger partial charge in [0.05, 0.1) is 5.69 Å². The number of rotatable bonds is 5. The molecule has 2 aliphatic heterocycles. The Balaban J connectivity index is 1.41. The molecule has 0 aromatic heterocycles. The van der Waals surface area contributed by atoms with Gasteiger partial charge in [-0.3, -0.25) is 20.1 Å². The van der Waals surface area contributed by atoms with Crippen LogP contribution in [0.4, 0.5) is 10.1 Å². The van der Waals surface area contributed by atoms with Crippen LogP contribution in [0, 0.1) is 5.82 Å². The van der Waals surface area contributed by atoms with Crippen LogP contribution in [0.25, 0.3) is 6.08 Å². The highest BCUT2D eigenvalue weighted by atomic mass is 35.5. The molecular formula is C22H23ClFN3O. The quantitative estimate of drug-likeness (QED) is 0.772. The summed E-state index contributed by atoms with van der Waals surface area (Å²) in [6, 6.07) is 12.6. The van der Waals surface area contributed by atoms with Crippen LogP contribution in [-0.4, -0.2) is 37.5 Å². The van der Waals surface area contributed by atoms with Gasteiger partial charge in [0.15, 0.2) is 0 Å². The van der Waals surface area contributed by atoms with Crippen molar-refractivity contribution in [1.29, 1.82) is 0 Å². The molecule has 2 aromatic carbocycles. The van der Waals surface area contributed by atoms with E-state index in [0.717, 1.165) is 54.3 Å². The van der Waals surface area contributed by atoms with Crippen LogP contribution in [0.3, 0.4) is 0 Å². The normalized spacial score (nSPS) is 18.6. The Bertz CT molecular complexity index is 876. The second kappa shape index (κ2) is 7.94. The summed E-state index contributed by atoms with van der Waals surface area (Å²) in [7, 11) is 0. The number of hydrazine groups is 1. The van der Waals surface area contributed by atoms with Crippen LogP contribution < -0.4 is 10.4 Å². The SMILES string of the molecule is O=CNN1CC2(CCN(C/C=C/c3ccc(Cl)cc3)CC2)c2cc(F)ccc21. The number of anilines is 1. The molecule has 28 heavy (non-hydrogen) atoms. The summed E-state index contributed by atoms with van der Waals surface area (Å²) in [5, 5.41) is 2.59. The lowest BCUT2D eigenvalue weighted by Crippen LogP contribution is -2.47. The monoisotopic (exact) mass is 399 g/mol. The molecule has 0 aliphatic carbocycles. The van der Waals surface area contributed by atoms with Gasteiger partial charge in [-0.15, -0.1) is 0 Å². The van der Waals surface area contributed by atoms with Crippen molar-refractivity contribution in [3.05, 3.63) is 70.5 Å². The van der Waals surface area contributed by atoms with E-state index in [1.54, 1.807) is 12.1 Å². The van der Waals surface area contributed by atoms with E-state index in [-0.39, 0.29) is 11.2 Å². The van der Waals surface area contributed by atoms with E-state index >= 15 is 0 Å². The molecule has 0 radical (unpaired) electrons. The summed E-state index contributed by atoms with van der Waals surface area (Å²) in [5.74, 6) is -0.223. The van der Waals surface area contributed by atoms with Crippen molar-refractivity contribution < 1.29 is 9.18 Å². The average molecular weight is 400 g/mol. The Morgan fingerprint density at radius 2 is 1.89 bits per heavy atom. The lowest BCUT2D eigenvalue weighted by molar-refractivity contribution is -0.109. The first-order valence-corrected chi connectivity index (χ1v) is 9.89. The molecule has 0 atom stereocenters. The van der Waals surface area contributed by atoms with Gasteiger partial charge < -0.3 is 0 Å². The average Bonchev–Trinajstić information content (AvgIpc) is 2.98. The Morgan fingerprint density at radius 3 is 2.61 bits per heavy atom. The third-order valence-corrected chi connectivity index (χ3v) is 6.10. The third-order valence-electron chi connectivity index (χ3n) is 5.85. The maximum Gasteiger partial charge on any atom is 0.225 e. The predicted octanol–water partition coefficient (Wildman–Crippen LogP) is 4.01. The van der Waals surface area contributed by atoms with Crippen LogP contribution in [0.1, 0.15) is 24.0 Å². The molecule has 1 saturated heterocycles. The molecule has 1 N–H and O–H groups in total. The number of carbonyl (C=O) groups is 1. The minimum Gasteiger partial charge on any atom is -0.300 e. The van der Waals surface area contributed by atoms with Crippen molar-refractivity contribution in [3.8, 4) is 0 Å². The van der Waals surface area contributed by atoms with E-state index in [1.807, 2.05) is 29.3 Å². The molecular weight excluding hydrogens is 377 g/mol. The zero-order valence-corrected chi connectivity index (χ0v) is 16.3. The van der Waals surface area contributed by atoms with Gasteiger partial charge in [-0.05, 0) is 67.4 Å². The van der Waals surface area contributed by atoms with Gasteiger partial charge in [0.25, 0.3) is 0 Å². The largest absolute Gasteiger partial charge is 0.300 e. The molecule has 1 spiro atoms. The van der Waals surface area contributed by atoms with E-state index < -0.39 is 0 Å². The van der Waals surface area contributed by atoms with Crippen LogP contribution >= 0.6 is 11.6 Å². The van der Waals surface area contributed by atoms with Gasteiger partial charge in [0, 0.05) is 23.5 Å². The van der Waals surface area contributed by atoms with E-state index in [1.165, 1.54) is 6.07 Å². The molecule has 2 heterocycles. The number of nitrogens with zero attached hydrogens (tertiary/aromatic N) is 2. The van der Waals surface area contributed by atoms with Gasteiger partial charge in [-0.1, -0.05) is 35.9 Å². The number of hydrogen-bond donors (Lipinski definition) is 1. The Hall–Kier alpha value is -2.37. The third kappa shape index (κ3) is 3.77. The van der Waals surface area contributed by atoms with Crippen molar-refractivity contribution in [1.82, 2.24) is 10.3 Å². The van der Waals surface area contributed by atoms with Crippen molar-refractivity contribution in [2.24, 2.45) is 0 Å². The molecule has 0 bridgehead atoms. The maximum atomic E-state index is 13.9. The molecule has 1 fully saturated rings. The lowest BCUT2D eigenvalue weighted by Gasteiger charge is -2.39. The number of amides is 1. The number of halogens is 2. The minimum atomic E-state index is -0.223. The van der Waals surface area contributed by atoms with Gasteiger partial charge in [-0.25, -0.2) is 4.39 Å². The van der Waals surface area contributed by atoms with E-state index in [4.69, 9.17) is 11.6 Å². The van der Waals surface area contributed by atoms with E-state index in [0.29, 0.717) is 13.0 Å². The smallest absolute Gasteiger partial charge is 0.225 e. The molecule has 4 rings (SSSR count). The standard InChI is InChI=1S/C22H23ClFN3O/c23-18-5-3-17(4-6-18)2-1-11-26-12-9-22(10-13-26)15-27(25-16-28)21-8-7-19(24)14-20(21)22/h1-8,14,16H,9-13,15H2,(H,25,28)/b2-1+. The first kappa shape index (κ1) is 19.0. The second-order valence-electron chi connectivity index (χ2n) is 7.53. The number of hydrogen-bond acceptors (Lipinski definition) is 3. The Kier molecular flexibility index (Phi) is 5.38. The van der Waals surface area contributed by atoms with Gasteiger partial charge in [0.1, 0.15) is 5.82 Å². The summed E-state index contributed by atoms with van der Waals surface area (Å²) < 4.78 is 13.9. The predicted molar refractivity (Wildman–Crippen MR) is 111 cm³/mol. The fraction of sp³-hybridized carbons (Fsp3) is 0.318. The van der Waals surface area contributed by atoms with Crippen molar-refractivity contribution in [2.45, 2.75) is 18.3 Å². The van der Waals surface area contributed by atoms with Crippen molar-refractivity contribution in [2.75, 3.05) is 31.2 Å². The number of fused-ring (bicyclic) bond motifs is 2. The van der Waals surface area contributed by atoms with Gasteiger partial charge in [0.2, 0.25) is 6.41 Å². The van der Waals surface area contributed by atoms with Crippen LogP contribution in [0.5, 0.6) is 0 Å². The number of benzene rings is 2. The molecule has 4 nitrogen and oxygen atoms in total. The zero-order valence-electron chi connectivity index (χ0n) is 15.6. The highest BCUT2D eigenvalue weighted by molar-refractivity contribution is 6.30. The number of carbonyl (C=O) groups excluding carboxylic acids is 1. The second-order valence-corrected chi connectivity index (χ2v) is 7.97. The summed E-state index contributed by atoms with van der Waals surface area (Å²) in [5.41, 5.74) is 5.70. The number of nitrogens with one attached hydrogen (secondary N) is 1. The summed E-state index contributed by atoms with van der Waals surface area (Å²) >= 11 is 5.92. The van der Waals surface area contributed by atoms with Crippen LogP contribution in [-0.2, 0) is 10.2 Å². The fourth-order valence-corrected chi connectivity index (χ4v) is 4.45. The Labute approximate surface area is 169 Å². The van der Waals surface area contributed by atoms with E-state index in [2.05, 4.69) is 22.5 Å². The molecule has 0 saturated carbocycles. The zero-order chi connectivity index (χ0) is 19.6. The first-order valence-electron chi connectivity index (χ1n) is 9.51. The molecule has 1 amide bonds. The summed E-state index contributed by atoms with van der Waals surface area (Å²) in [6.45, 7) is 3.45. The summed E-state index contributed by atoms with van der Waals surface area (Å²) in [6.07, 6.45) is 6.84. The Morgan fingerprint density at radius 1 is 1.14 bits per heavy atom. The number of likely N-dealkylation sites (tertiary alicyclic amines) is 1. The summed E-state index contributed by atoms with van der Waals surface area (Å²) in [4.78, 5) is 13.4. The van der Waals surface area contributed by atoms with Crippen molar-refractivity contribution in [3.63, 3.8) is 0 Å². The highest BCUT2D eigenvalue weighted by Gasteiger charge is 2.44. The maximum absolute atomic E-state index is 13.9. The molecule has 0 unspecified atom stereocenters. The van der Waals surface area contributed by atoms with E-state index in [9.17, 15) is 9.18 Å². The van der Waals surface area contributed by atoms with Gasteiger partial charge in [-0.2, -0.15) is 0 Å². The van der Waals surface area contributed by atoms with Crippen LogP contribution in [0.15, 0.2) is 48.5 Å². The van der Waals surface area contributed by atoms with Crippen LogP contribution in [0.2, 0.25) is 5.02 Å². The fourth-order valence-electron chi connectivity index (χ4n) is 4.32. The molecule has 2 aliphatic rings. The lowest BCUT2D eigenvalue weighted by atomic mass is 9.74.